The number of aliphatic hydroxyl groups excluding tert-OH is 1. The fourth-order valence-corrected chi connectivity index (χ4v) is 3.83. The molecule has 0 aromatic heterocycles. The largest absolute Gasteiger partial charge is 0.419 e. The van der Waals surface area contributed by atoms with E-state index >= 15 is 0 Å². The minimum absolute atomic E-state index is 0.231. The van der Waals surface area contributed by atoms with Crippen LogP contribution in [0.15, 0.2) is 0 Å². The van der Waals surface area contributed by atoms with Crippen LogP contribution in [0.3, 0.4) is 0 Å². The summed E-state index contributed by atoms with van der Waals surface area (Å²) in [7, 11) is -1.08. The van der Waals surface area contributed by atoms with Crippen LogP contribution in [0, 0.1) is 5.92 Å². The Bertz CT molecular complexity index is 131. The van der Waals surface area contributed by atoms with Gasteiger partial charge in [0.15, 0.2) is 9.04 Å². The van der Waals surface area contributed by atoms with E-state index in [0.717, 1.165) is 6.61 Å². The van der Waals surface area contributed by atoms with Crippen molar-refractivity contribution in [2.45, 2.75) is 45.7 Å². The van der Waals surface area contributed by atoms with Gasteiger partial charge in [0.1, 0.15) is 0 Å². The summed E-state index contributed by atoms with van der Waals surface area (Å²) in [6, 6.07) is 1.17. The fraction of sp³-hybridized carbons (Fsp3) is 1.00. The quantitative estimate of drug-likeness (QED) is 0.696. The Labute approximate surface area is 84.0 Å². The summed E-state index contributed by atoms with van der Waals surface area (Å²) in [5.41, 5.74) is 0. The van der Waals surface area contributed by atoms with Crippen molar-refractivity contribution in [1.29, 1.82) is 0 Å². The highest BCUT2D eigenvalue weighted by Gasteiger charge is 2.26. The van der Waals surface area contributed by atoms with Gasteiger partial charge in [0.2, 0.25) is 0 Å². The first-order valence-corrected chi connectivity index (χ1v) is 7.00. The van der Waals surface area contributed by atoms with Gasteiger partial charge in [-0.25, -0.2) is 0 Å². The lowest BCUT2D eigenvalue weighted by atomic mass is 10.2. The average Bonchev–Trinajstić information content (AvgIpc) is 2.02. The van der Waals surface area contributed by atoms with Crippen molar-refractivity contribution >= 4 is 9.04 Å². The molecule has 2 atom stereocenters. The zero-order valence-electron chi connectivity index (χ0n) is 9.63. The summed E-state index contributed by atoms with van der Waals surface area (Å²) < 4.78 is 5.89. The van der Waals surface area contributed by atoms with E-state index in [0.29, 0.717) is 5.04 Å². The highest BCUT2D eigenvalue weighted by molar-refractivity contribution is 6.55. The van der Waals surface area contributed by atoms with Crippen LogP contribution in [0.2, 0.25) is 11.1 Å². The van der Waals surface area contributed by atoms with Crippen molar-refractivity contribution in [3.63, 3.8) is 0 Å². The molecular weight excluding hydrogens is 180 g/mol. The molecule has 0 bridgehead atoms. The van der Waals surface area contributed by atoms with E-state index in [1.165, 1.54) is 6.04 Å². The molecule has 3 heteroatoms. The molecule has 0 aliphatic carbocycles. The lowest BCUT2D eigenvalue weighted by Gasteiger charge is -2.28. The SMILES string of the molecule is CC[SiH](OC[C@@H](C)CO)C(C)(C)C. The van der Waals surface area contributed by atoms with Gasteiger partial charge in [0, 0.05) is 19.1 Å². The van der Waals surface area contributed by atoms with Gasteiger partial charge in [0.05, 0.1) is 0 Å². The maximum absolute atomic E-state index is 8.86. The maximum atomic E-state index is 8.86. The summed E-state index contributed by atoms with van der Waals surface area (Å²) in [6.45, 7) is 11.9. The Morgan fingerprint density at radius 2 is 1.92 bits per heavy atom. The van der Waals surface area contributed by atoms with Crippen LogP contribution in [-0.2, 0) is 4.43 Å². The molecule has 0 saturated carbocycles. The molecular formula is C10H24O2Si. The molecule has 13 heavy (non-hydrogen) atoms. The van der Waals surface area contributed by atoms with Gasteiger partial charge in [-0.05, 0) is 11.1 Å². The van der Waals surface area contributed by atoms with E-state index in [-0.39, 0.29) is 12.5 Å². The minimum atomic E-state index is -1.08. The van der Waals surface area contributed by atoms with Crippen LogP contribution < -0.4 is 0 Å². The molecule has 0 radical (unpaired) electrons. The Balaban J connectivity index is 3.86. The topological polar surface area (TPSA) is 29.5 Å². The van der Waals surface area contributed by atoms with Gasteiger partial charge in [-0.2, -0.15) is 0 Å². The highest BCUT2D eigenvalue weighted by atomic mass is 28.3. The monoisotopic (exact) mass is 204 g/mol. The first-order valence-electron chi connectivity index (χ1n) is 5.14. The molecule has 80 valence electrons. The highest BCUT2D eigenvalue weighted by Crippen LogP contribution is 2.29. The van der Waals surface area contributed by atoms with Gasteiger partial charge in [-0.1, -0.05) is 34.6 Å². The molecule has 0 aliphatic rings. The van der Waals surface area contributed by atoms with Crippen molar-refractivity contribution in [2.24, 2.45) is 5.92 Å². The smallest absolute Gasteiger partial charge is 0.181 e. The predicted molar refractivity (Wildman–Crippen MR) is 59.5 cm³/mol. The third-order valence-electron chi connectivity index (χ3n) is 2.23. The van der Waals surface area contributed by atoms with E-state index in [2.05, 4.69) is 27.7 Å². The Hall–Kier alpha value is 0.137. The van der Waals surface area contributed by atoms with Gasteiger partial charge >= 0.3 is 0 Å². The first kappa shape index (κ1) is 13.1. The third-order valence-corrected chi connectivity index (χ3v) is 5.50. The summed E-state index contributed by atoms with van der Waals surface area (Å²) in [5, 5.41) is 9.20. The van der Waals surface area contributed by atoms with Crippen LogP contribution >= 0.6 is 0 Å². The zero-order chi connectivity index (χ0) is 10.5. The molecule has 1 N–H and O–H groups in total. The second-order valence-electron chi connectivity index (χ2n) is 4.88. The lowest BCUT2D eigenvalue weighted by molar-refractivity contribution is 0.169. The van der Waals surface area contributed by atoms with Crippen LogP contribution in [-0.4, -0.2) is 27.4 Å². The average molecular weight is 204 g/mol. The molecule has 0 aromatic rings. The Kier molecular flexibility index (Phi) is 5.84. The molecule has 0 fully saturated rings. The molecule has 0 heterocycles. The second-order valence-corrected chi connectivity index (χ2v) is 8.74. The number of hydrogen-bond donors (Lipinski definition) is 1. The van der Waals surface area contributed by atoms with Gasteiger partial charge < -0.3 is 9.53 Å². The van der Waals surface area contributed by atoms with E-state index < -0.39 is 9.04 Å². The molecule has 0 aliphatic heterocycles. The van der Waals surface area contributed by atoms with Crippen molar-refractivity contribution < 1.29 is 9.53 Å². The first-order chi connectivity index (χ1) is 5.91. The van der Waals surface area contributed by atoms with Crippen molar-refractivity contribution in [3.05, 3.63) is 0 Å². The maximum Gasteiger partial charge on any atom is 0.181 e. The van der Waals surface area contributed by atoms with Gasteiger partial charge in [0.25, 0.3) is 0 Å². The number of hydrogen-bond acceptors (Lipinski definition) is 2. The van der Waals surface area contributed by atoms with Crippen LogP contribution in [0.1, 0.15) is 34.6 Å². The lowest BCUT2D eigenvalue weighted by Crippen LogP contribution is -2.30. The molecule has 0 aromatic carbocycles. The molecule has 1 unspecified atom stereocenters. The second kappa shape index (κ2) is 5.78. The Morgan fingerprint density at radius 1 is 1.38 bits per heavy atom. The van der Waals surface area contributed by atoms with Crippen molar-refractivity contribution in [2.75, 3.05) is 13.2 Å². The number of rotatable bonds is 5. The van der Waals surface area contributed by atoms with E-state index in [1.807, 2.05) is 6.92 Å². The van der Waals surface area contributed by atoms with Crippen LogP contribution in [0.4, 0.5) is 0 Å². The molecule has 0 saturated heterocycles. The van der Waals surface area contributed by atoms with E-state index in [9.17, 15) is 0 Å². The molecule has 2 nitrogen and oxygen atoms in total. The predicted octanol–water partition coefficient (Wildman–Crippen LogP) is 2.18. The summed E-state index contributed by atoms with van der Waals surface area (Å²) in [4.78, 5) is 0. The normalized spacial score (nSPS) is 17.1. The van der Waals surface area contributed by atoms with Crippen molar-refractivity contribution in [1.82, 2.24) is 0 Å². The fourth-order valence-electron chi connectivity index (χ4n) is 1.31. The standard InChI is InChI=1S/C10H24O2Si/c1-6-13(10(3,4)5)12-8-9(2)7-11/h9,11,13H,6-8H2,1-5H3/t9-,13?/m0/s1. The summed E-state index contributed by atoms with van der Waals surface area (Å²) >= 11 is 0. The zero-order valence-corrected chi connectivity index (χ0v) is 10.8. The van der Waals surface area contributed by atoms with E-state index in [4.69, 9.17) is 9.53 Å². The van der Waals surface area contributed by atoms with Crippen LogP contribution in [0.5, 0.6) is 0 Å². The Morgan fingerprint density at radius 3 is 2.23 bits per heavy atom. The molecule has 0 amide bonds. The van der Waals surface area contributed by atoms with E-state index in [1.54, 1.807) is 0 Å². The summed E-state index contributed by atoms with van der Waals surface area (Å²) in [5.74, 6) is 0.281. The molecule has 0 spiro atoms. The summed E-state index contributed by atoms with van der Waals surface area (Å²) in [6.07, 6.45) is 0. The third kappa shape index (κ3) is 5.44. The number of aliphatic hydroxyl groups is 1. The van der Waals surface area contributed by atoms with Gasteiger partial charge in [-0.3, -0.25) is 0 Å². The van der Waals surface area contributed by atoms with Crippen molar-refractivity contribution in [3.8, 4) is 0 Å². The van der Waals surface area contributed by atoms with Crippen LogP contribution in [0.25, 0.3) is 0 Å². The van der Waals surface area contributed by atoms with Gasteiger partial charge in [-0.15, -0.1) is 0 Å². The molecule has 0 rings (SSSR count). The minimum Gasteiger partial charge on any atom is -0.419 e.